The van der Waals surface area contributed by atoms with Gasteiger partial charge in [0.2, 0.25) is 0 Å². The van der Waals surface area contributed by atoms with E-state index in [1.54, 1.807) is 24.4 Å². The fraction of sp³-hybridized carbons (Fsp3) is 0.333. The molecule has 0 saturated carbocycles. The Kier molecular flexibility index (Phi) is 18.8. The van der Waals surface area contributed by atoms with Gasteiger partial charge in [0.25, 0.3) is 0 Å². The van der Waals surface area contributed by atoms with E-state index >= 15 is 0 Å². The molecule has 6 heteroatoms. The number of hydrogen-bond acceptors (Lipinski definition) is 4. The third kappa shape index (κ3) is 11.9. The zero-order valence-electron chi connectivity index (χ0n) is 16.5. The molecule has 0 aromatic carbocycles. The first kappa shape index (κ1) is 28.8. The summed E-state index contributed by atoms with van der Waals surface area (Å²) in [6, 6.07) is 0. The van der Waals surface area contributed by atoms with Gasteiger partial charge in [0.15, 0.2) is 0 Å². The molecule has 4 nitrogen and oxygen atoms in total. The van der Waals surface area contributed by atoms with Crippen molar-refractivity contribution in [3.63, 3.8) is 0 Å². The quantitative estimate of drug-likeness (QED) is 0.316. The van der Waals surface area contributed by atoms with E-state index in [1.807, 2.05) is 13.8 Å². The van der Waals surface area contributed by atoms with Crippen molar-refractivity contribution in [2.75, 3.05) is 5.32 Å². The van der Waals surface area contributed by atoms with Crippen LogP contribution in [0.2, 0.25) is 0 Å². The minimum Gasteiger partial charge on any atom is -0.409 e. The van der Waals surface area contributed by atoms with Gasteiger partial charge in [-0.05, 0) is 37.8 Å². The molecule has 0 atom stereocenters. The van der Waals surface area contributed by atoms with E-state index in [4.69, 9.17) is 5.73 Å². The predicted octanol–water partition coefficient (Wildman–Crippen LogP) is 4.65. The average molecular weight is 514 g/mol. The van der Waals surface area contributed by atoms with E-state index < -0.39 is 0 Å². The predicted molar refractivity (Wildman–Crippen MR) is 106 cm³/mol. The second-order valence-electron chi connectivity index (χ2n) is 5.35. The minimum absolute atomic E-state index is 0. The molecule has 27 heavy (non-hydrogen) atoms. The summed E-state index contributed by atoms with van der Waals surface area (Å²) in [4.78, 5) is 8.56. The molecule has 0 spiro atoms. The van der Waals surface area contributed by atoms with Gasteiger partial charge in [-0.15, -0.1) is 11.6 Å². The van der Waals surface area contributed by atoms with Crippen LogP contribution >= 0.6 is 0 Å². The summed E-state index contributed by atoms with van der Waals surface area (Å²) in [6.07, 6.45) is 20.7. The van der Waals surface area contributed by atoms with Gasteiger partial charge >= 0.3 is 0 Å². The Morgan fingerprint density at radius 3 is 2.59 bits per heavy atom. The molecule has 0 bridgehead atoms. The number of nitrogens with zero attached hydrogens (tertiary/aromatic N) is 2. The third-order valence-electron chi connectivity index (χ3n) is 3.50. The van der Waals surface area contributed by atoms with Crippen LogP contribution in [0.3, 0.4) is 0 Å². The first-order valence-electron chi connectivity index (χ1n) is 8.74. The Morgan fingerprint density at radius 1 is 1.33 bits per heavy atom. The molecule has 1 aliphatic rings. The van der Waals surface area contributed by atoms with Crippen molar-refractivity contribution in [1.29, 1.82) is 0 Å². The van der Waals surface area contributed by atoms with Crippen molar-refractivity contribution in [2.45, 2.75) is 46.0 Å². The van der Waals surface area contributed by atoms with Crippen LogP contribution < -0.4 is 11.1 Å². The van der Waals surface area contributed by atoms with Gasteiger partial charge in [-0.3, -0.25) is 0 Å². The van der Waals surface area contributed by atoms with Gasteiger partial charge < -0.3 is 21.0 Å². The molecule has 140 valence electrons. The summed E-state index contributed by atoms with van der Waals surface area (Å²) in [7, 11) is 0. The number of rotatable bonds is 7. The summed E-state index contributed by atoms with van der Waals surface area (Å²) in [5.74, 6) is 0.448. The molecular formula is C21H28N4Y2-2. The second-order valence-corrected chi connectivity index (χ2v) is 5.35. The Bertz CT molecular complexity index is 647. The van der Waals surface area contributed by atoms with Gasteiger partial charge in [0, 0.05) is 65.4 Å². The topological polar surface area (TPSA) is 63.8 Å². The van der Waals surface area contributed by atoms with Crippen LogP contribution in [0, 0.1) is 12.3 Å². The fourth-order valence-electron chi connectivity index (χ4n) is 2.35. The summed E-state index contributed by atoms with van der Waals surface area (Å²) in [5.41, 5.74) is 9.34. The van der Waals surface area contributed by atoms with E-state index in [9.17, 15) is 0 Å². The summed E-state index contributed by atoms with van der Waals surface area (Å²) in [5, 5.41) is 3.04. The van der Waals surface area contributed by atoms with Crippen LogP contribution in [0.5, 0.6) is 0 Å². The number of hydrogen-bond donors (Lipinski definition) is 2. The van der Waals surface area contributed by atoms with Crippen molar-refractivity contribution in [1.82, 2.24) is 9.97 Å². The molecule has 0 fully saturated rings. The normalized spacial score (nSPS) is 13.6. The number of nitrogens with one attached hydrogen (secondary N) is 1. The van der Waals surface area contributed by atoms with Crippen molar-refractivity contribution < 1.29 is 65.4 Å². The summed E-state index contributed by atoms with van der Waals surface area (Å²) >= 11 is 0. The first-order valence-corrected chi connectivity index (χ1v) is 8.74. The first-order chi connectivity index (χ1) is 12.2. The smallest absolute Gasteiger partial charge is 0.109 e. The van der Waals surface area contributed by atoms with E-state index in [0.717, 1.165) is 12.0 Å². The molecular weight excluding hydrogens is 486 g/mol. The third-order valence-corrected chi connectivity index (χ3v) is 3.50. The van der Waals surface area contributed by atoms with E-state index in [0.29, 0.717) is 17.3 Å². The van der Waals surface area contributed by atoms with Crippen molar-refractivity contribution in [2.24, 2.45) is 5.73 Å². The van der Waals surface area contributed by atoms with Gasteiger partial charge in [-0.1, -0.05) is 56.2 Å². The maximum absolute atomic E-state index is 5.74. The van der Waals surface area contributed by atoms with Crippen LogP contribution in [0.15, 0.2) is 60.6 Å². The molecule has 0 aliphatic heterocycles. The number of anilines is 1. The van der Waals surface area contributed by atoms with Gasteiger partial charge in [-0.2, -0.15) is 18.7 Å². The van der Waals surface area contributed by atoms with Gasteiger partial charge in [0.05, 0.1) is 0 Å². The molecule has 0 unspecified atom stereocenters. The van der Waals surface area contributed by atoms with Crippen molar-refractivity contribution >= 4 is 5.95 Å². The second kappa shape index (κ2) is 17.7. The van der Waals surface area contributed by atoms with E-state index in [1.165, 1.54) is 31.3 Å². The molecule has 1 aliphatic carbocycles. The maximum atomic E-state index is 5.74. The molecule has 1 aromatic heterocycles. The Hall–Kier alpha value is -0.412. The molecule has 2 radical (unpaired) electrons. The van der Waals surface area contributed by atoms with E-state index in [2.05, 4.69) is 46.8 Å². The standard InChI is InChI=1S/C19H22N4.C2H6.2Y/c1-3-8-18(12-17(20)4-2)23-19-21-13-16(14-22-19)11-15-9-6-5-7-10-15;1-2;;/h3-4,9,12-13H,1-2,5-7,10-11,20H2,(H,21,22,23);1-2H3;;/q-2;;;/b17-12+;;;. The molecule has 2 rings (SSSR count). The zero-order valence-corrected chi connectivity index (χ0v) is 22.1. The molecule has 0 amide bonds. The fourth-order valence-corrected chi connectivity index (χ4v) is 2.35. The summed E-state index contributed by atoms with van der Waals surface area (Å²) in [6.45, 7) is 11.2. The number of allylic oxidation sites excluding steroid dienone is 6. The van der Waals surface area contributed by atoms with Crippen LogP contribution in [-0.4, -0.2) is 9.97 Å². The van der Waals surface area contributed by atoms with Crippen LogP contribution in [0.4, 0.5) is 5.95 Å². The molecule has 1 aromatic rings. The Morgan fingerprint density at radius 2 is 2.07 bits per heavy atom. The van der Waals surface area contributed by atoms with Crippen LogP contribution in [-0.2, 0) is 71.8 Å². The van der Waals surface area contributed by atoms with E-state index in [-0.39, 0.29) is 65.4 Å². The molecule has 1 heterocycles. The average Bonchev–Trinajstić information content (AvgIpc) is 2.66. The van der Waals surface area contributed by atoms with Crippen LogP contribution in [0.25, 0.3) is 0 Å². The molecule has 3 N–H and O–H groups in total. The number of aromatic nitrogens is 2. The Labute approximate surface area is 214 Å². The maximum Gasteiger partial charge on any atom is 0.109 e. The van der Waals surface area contributed by atoms with Gasteiger partial charge in [-0.25, -0.2) is 0 Å². The van der Waals surface area contributed by atoms with Gasteiger partial charge in [0.1, 0.15) is 5.95 Å². The monoisotopic (exact) mass is 514 g/mol. The van der Waals surface area contributed by atoms with Crippen molar-refractivity contribution in [3.8, 4) is 0 Å². The SMILES string of the molecule is C=C[C-]=C(/C=C(/N)C=C)Nc1n[c-]c(CC2=CCCCC2)cn1.CC.[Y].[Y]. The zero-order chi connectivity index (χ0) is 18.5. The number of nitrogens with two attached hydrogens (primary N) is 1. The van der Waals surface area contributed by atoms with Crippen LogP contribution in [0.1, 0.15) is 45.1 Å². The largest absolute Gasteiger partial charge is 0.409 e. The summed E-state index contributed by atoms with van der Waals surface area (Å²) < 4.78 is 0. The Balaban J connectivity index is 0. The minimum atomic E-state index is 0. The molecule has 0 saturated heterocycles. The van der Waals surface area contributed by atoms with Crippen molar-refractivity contribution in [3.05, 3.63) is 78.5 Å².